The SMILES string of the molecule is O=C(Nc1ccc(OC(F)F)cc1)N[C@H]1CC(=O)N(c2ccc(Cl)cc2)C1. The van der Waals surface area contributed by atoms with Gasteiger partial charge < -0.3 is 20.3 Å². The number of hydrogen-bond acceptors (Lipinski definition) is 3. The minimum Gasteiger partial charge on any atom is -0.435 e. The molecule has 0 unspecified atom stereocenters. The highest BCUT2D eigenvalue weighted by Crippen LogP contribution is 2.23. The topological polar surface area (TPSA) is 70.7 Å². The van der Waals surface area contributed by atoms with Crippen molar-refractivity contribution in [2.24, 2.45) is 0 Å². The fraction of sp³-hybridized carbons (Fsp3) is 0.222. The van der Waals surface area contributed by atoms with E-state index >= 15 is 0 Å². The van der Waals surface area contributed by atoms with Crippen LogP contribution in [0.4, 0.5) is 25.0 Å². The van der Waals surface area contributed by atoms with Crippen LogP contribution in [0.1, 0.15) is 6.42 Å². The third kappa shape index (κ3) is 5.07. The molecule has 142 valence electrons. The van der Waals surface area contributed by atoms with Crippen LogP contribution in [-0.4, -0.2) is 31.1 Å². The van der Waals surface area contributed by atoms with Crippen molar-refractivity contribution >= 4 is 34.9 Å². The molecule has 0 saturated carbocycles. The Morgan fingerprint density at radius 2 is 1.81 bits per heavy atom. The molecule has 2 N–H and O–H groups in total. The van der Waals surface area contributed by atoms with E-state index in [1.54, 1.807) is 29.2 Å². The molecular weight excluding hydrogens is 380 g/mol. The van der Waals surface area contributed by atoms with Gasteiger partial charge in [-0.05, 0) is 48.5 Å². The lowest BCUT2D eigenvalue weighted by molar-refractivity contribution is -0.117. The van der Waals surface area contributed by atoms with E-state index < -0.39 is 12.6 Å². The predicted molar refractivity (Wildman–Crippen MR) is 97.4 cm³/mol. The molecule has 1 atom stereocenters. The highest BCUT2D eigenvalue weighted by atomic mass is 35.5. The Morgan fingerprint density at radius 1 is 1.15 bits per heavy atom. The first-order valence-corrected chi connectivity index (χ1v) is 8.47. The van der Waals surface area contributed by atoms with Crippen LogP contribution in [0.3, 0.4) is 0 Å². The molecule has 0 bridgehead atoms. The molecule has 6 nitrogen and oxygen atoms in total. The van der Waals surface area contributed by atoms with Crippen LogP contribution in [0.5, 0.6) is 5.75 Å². The summed E-state index contributed by atoms with van der Waals surface area (Å²) in [5.74, 6) is -0.105. The predicted octanol–water partition coefficient (Wildman–Crippen LogP) is 3.87. The number of carbonyl (C=O) groups is 2. The smallest absolute Gasteiger partial charge is 0.387 e. The van der Waals surface area contributed by atoms with Crippen LogP contribution in [0.2, 0.25) is 5.02 Å². The van der Waals surface area contributed by atoms with Crippen LogP contribution in [0.25, 0.3) is 0 Å². The summed E-state index contributed by atoms with van der Waals surface area (Å²) in [4.78, 5) is 25.9. The molecule has 1 aliphatic heterocycles. The quantitative estimate of drug-likeness (QED) is 0.807. The molecule has 27 heavy (non-hydrogen) atoms. The summed E-state index contributed by atoms with van der Waals surface area (Å²) < 4.78 is 28.5. The molecule has 1 heterocycles. The minimum absolute atomic E-state index is 0.00375. The van der Waals surface area contributed by atoms with Crippen molar-refractivity contribution in [2.75, 3.05) is 16.8 Å². The normalized spacial score (nSPS) is 16.5. The van der Waals surface area contributed by atoms with E-state index in [4.69, 9.17) is 11.6 Å². The lowest BCUT2D eigenvalue weighted by atomic mass is 10.2. The van der Waals surface area contributed by atoms with Crippen LogP contribution >= 0.6 is 11.6 Å². The third-order valence-electron chi connectivity index (χ3n) is 3.94. The fourth-order valence-corrected chi connectivity index (χ4v) is 2.87. The molecule has 1 saturated heterocycles. The molecule has 3 rings (SSSR count). The first-order chi connectivity index (χ1) is 12.9. The van der Waals surface area contributed by atoms with Gasteiger partial charge in [0.05, 0.1) is 6.04 Å². The summed E-state index contributed by atoms with van der Waals surface area (Å²) in [5.41, 5.74) is 1.12. The Kier molecular flexibility index (Phi) is 5.75. The van der Waals surface area contributed by atoms with Crippen molar-refractivity contribution in [1.29, 1.82) is 0 Å². The summed E-state index contributed by atoms with van der Waals surface area (Å²) >= 11 is 5.85. The van der Waals surface area contributed by atoms with E-state index in [0.717, 1.165) is 0 Å². The maximum absolute atomic E-state index is 12.2. The number of halogens is 3. The van der Waals surface area contributed by atoms with Crippen molar-refractivity contribution in [3.8, 4) is 5.75 Å². The van der Waals surface area contributed by atoms with Gasteiger partial charge in [-0.15, -0.1) is 0 Å². The molecule has 0 aromatic heterocycles. The zero-order valence-corrected chi connectivity index (χ0v) is 14.7. The molecule has 9 heteroatoms. The lowest BCUT2D eigenvalue weighted by Gasteiger charge is -2.17. The second-order valence-corrected chi connectivity index (χ2v) is 6.32. The van der Waals surface area contributed by atoms with Gasteiger partial charge in [-0.1, -0.05) is 11.6 Å². The van der Waals surface area contributed by atoms with Gasteiger partial charge in [0.25, 0.3) is 0 Å². The molecule has 2 aromatic carbocycles. The first-order valence-electron chi connectivity index (χ1n) is 8.09. The molecule has 2 aromatic rings. The van der Waals surface area contributed by atoms with Crippen molar-refractivity contribution < 1.29 is 23.1 Å². The number of hydrogen-bond donors (Lipinski definition) is 2. The molecule has 0 radical (unpaired) electrons. The standard InChI is InChI=1S/C18H16ClF2N3O3/c19-11-1-5-14(6-2-11)24-10-13(9-16(24)25)23-18(26)22-12-3-7-15(8-4-12)27-17(20)21/h1-8,13,17H,9-10H2,(H2,22,23,26)/t13-/m0/s1. The number of ether oxygens (including phenoxy) is 1. The van der Waals surface area contributed by atoms with Gasteiger partial charge in [0.1, 0.15) is 5.75 Å². The Labute approximate surface area is 159 Å². The molecular formula is C18H16ClF2N3O3. The van der Waals surface area contributed by atoms with E-state index in [-0.39, 0.29) is 24.1 Å². The van der Waals surface area contributed by atoms with E-state index in [1.807, 2.05) is 0 Å². The number of benzene rings is 2. The Balaban J connectivity index is 1.54. The van der Waals surface area contributed by atoms with Gasteiger partial charge in [-0.25, -0.2) is 4.79 Å². The number of nitrogens with zero attached hydrogens (tertiary/aromatic N) is 1. The van der Waals surface area contributed by atoms with E-state index in [2.05, 4.69) is 15.4 Å². The summed E-state index contributed by atoms with van der Waals surface area (Å²) in [5, 5.41) is 5.89. The number of urea groups is 1. The maximum Gasteiger partial charge on any atom is 0.387 e. The largest absolute Gasteiger partial charge is 0.435 e. The van der Waals surface area contributed by atoms with Crippen LogP contribution in [0, 0.1) is 0 Å². The van der Waals surface area contributed by atoms with E-state index in [0.29, 0.717) is 22.9 Å². The van der Waals surface area contributed by atoms with E-state index in [9.17, 15) is 18.4 Å². The van der Waals surface area contributed by atoms with Crippen molar-refractivity contribution in [1.82, 2.24) is 5.32 Å². The molecule has 3 amide bonds. The second-order valence-electron chi connectivity index (χ2n) is 5.88. The second kappa shape index (κ2) is 8.22. The number of alkyl halides is 2. The van der Waals surface area contributed by atoms with Crippen LogP contribution in [0.15, 0.2) is 48.5 Å². The summed E-state index contributed by atoms with van der Waals surface area (Å²) in [6.45, 7) is -2.56. The number of carbonyl (C=O) groups excluding carboxylic acids is 2. The van der Waals surface area contributed by atoms with Gasteiger partial charge in [0, 0.05) is 29.4 Å². The lowest BCUT2D eigenvalue weighted by Crippen LogP contribution is -2.39. The Bertz CT molecular complexity index is 816. The van der Waals surface area contributed by atoms with Crippen molar-refractivity contribution in [3.63, 3.8) is 0 Å². The molecule has 0 spiro atoms. The summed E-state index contributed by atoms with van der Waals surface area (Å²) in [6, 6.07) is 11.6. The Morgan fingerprint density at radius 3 is 2.44 bits per heavy atom. The van der Waals surface area contributed by atoms with Crippen LogP contribution < -0.4 is 20.3 Å². The van der Waals surface area contributed by atoms with Crippen molar-refractivity contribution in [3.05, 3.63) is 53.6 Å². The monoisotopic (exact) mass is 395 g/mol. The number of rotatable bonds is 5. The Hall–Kier alpha value is -2.87. The highest BCUT2D eigenvalue weighted by molar-refractivity contribution is 6.30. The van der Waals surface area contributed by atoms with Crippen LogP contribution in [-0.2, 0) is 4.79 Å². The van der Waals surface area contributed by atoms with Crippen molar-refractivity contribution in [2.45, 2.75) is 19.1 Å². The van der Waals surface area contributed by atoms with Gasteiger partial charge in [-0.2, -0.15) is 8.78 Å². The summed E-state index contributed by atoms with van der Waals surface area (Å²) in [6.07, 6.45) is 0.178. The van der Waals surface area contributed by atoms with Gasteiger partial charge in [-0.3, -0.25) is 4.79 Å². The zero-order chi connectivity index (χ0) is 19.4. The van der Waals surface area contributed by atoms with Gasteiger partial charge >= 0.3 is 12.6 Å². The number of nitrogens with one attached hydrogen (secondary N) is 2. The van der Waals surface area contributed by atoms with Gasteiger partial charge in [0.15, 0.2) is 0 Å². The summed E-state index contributed by atoms with van der Waals surface area (Å²) in [7, 11) is 0. The molecule has 1 fully saturated rings. The zero-order valence-electron chi connectivity index (χ0n) is 14.0. The van der Waals surface area contributed by atoms with Gasteiger partial charge in [0.2, 0.25) is 5.91 Å². The molecule has 1 aliphatic rings. The number of amides is 3. The first kappa shape index (κ1) is 18.9. The number of anilines is 2. The third-order valence-corrected chi connectivity index (χ3v) is 4.19. The highest BCUT2D eigenvalue weighted by Gasteiger charge is 2.31. The fourth-order valence-electron chi connectivity index (χ4n) is 2.75. The average molecular weight is 396 g/mol. The maximum atomic E-state index is 12.2. The van der Waals surface area contributed by atoms with E-state index in [1.165, 1.54) is 24.3 Å². The minimum atomic E-state index is -2.91. The average Bonchev–Trinajstić information content (AvgIpc) is 2.97. The molecule has 0 aliphatic carbocycles.